The van der Waals surface area contributed by atoms with Gasteiger partial charge in [-0.3, -0.25) is 4.79 Å². The number of carbonyl (C=O) groups is 1. The Hall–Kier alpha value is -2.87. The minimum absolute atomic E-state index is 0.146. The van der Waals surface area contributed by atoms with Gasteiger partial charge >= 0.3 is 0 Å². The molecule has 3 aromatic rings. The molecule has 6 nitrogen and oxygen atoms in total. The second-order valence-electron chi connectivity index (χ2n) is 6.87. The summed E-state index contributed by atoms with van der Waals surface area (Å²) >= 11 is 1.34. The summed E-state index contributed by atoms with van der Waals surface area (Å²) in [5.41, 5.74) is 6.97. The van der Waals surface area contributed by atoms with E-state index in [4.69, 9.17) is 0 Å². The van der Waals surface area contributed by atoms with Crippen molar-refractivity contribution in [3.05, 3.63) is 70.8 Å². The number of rotatable bonds is 3. The molecule has 144 valence electrons. The van der Waals surface area contributed by atoms with Gasteiger partial charge in [-0.25, -0.2) is 9.07 Å². The summed E-state index contributed by atoms with van der Waals surface area (Å²) < 4.78 is 15.2. The van der Waals surface area contributed by atoms with Crippen molar-refractivity contribution in [2.75, 3.05) is 10.7 Å². The second-order valence-corrected chi connectivity index (χ2v) is 7.98. The number of nitrogens with one attached hydrogen (secondary N) is 2. The Bertz CT molecular complexity index is 1030. The summed E-state index contributed by atoms with van der Waals surface area (Å²) in [4.78, 5) is 13.2. The number of anilines is 1. The number of aryl methyl sites for hydroxylation is 3. The van der Waals surface area contributed by atoms with Gasteiger partial charge in [0, 0.05) is 5.69 Å². The lowest BCUT2D eigenvalue weighted by molar-refractivity contribution is -0.116. The maximum Gasteiger partial charge on any atom is 0.240 e. The summed E-state index contributed by atoms with van der Waals surface area (Å²) in [5, 5.41) is 11.4. The molecule has 1 amide bonds. The van der Waals surface area contributed by atoms with Crippen LogP contribution < -0.4 is 10.7 Å². The molecule has 2 atom stereocenters. The van der Waals surface area contributed by atoms with Crippen molar-refractivity contribution in [3.63, 3.8) is 0 Å². The van der Waals surface area contributed by atoms with E-state index in [1.165, 1.54) is 23.9 Å². The van der Waals surface area contributed by atoms with Crippen molar-refractivity contribution in [3.8, 4) is 0 Å². The first-order valence-electron chi connectivity index (χ1n) is 8.91. The first kappa shape index (κ1) is 18.5. The minimum Gasteiger partial charge on any atom is -0.325 e. The number of carbonyl (C=O) groups excluding carboxylic acids is 1. The number of nitrogens with zero attached hydrogens (tertiary/aromatic N) is 3. The van der Waals surface area contributed by atoms with E-state index >= 15 is 0 Å². The Morgan fingerprint density at radius 1 is 1.14 bits per heavy atom. The summed E-state index contributed by atoms with van der Waals surface area (Å²) in [5.74, 6) is 0.236. The Kier molecular flexibility index (Phi) is 4.80. The predicted octanol–water partition coefficient (Wildman–Crippen LogP) is 3.74. The fourth-order valence-electron chi connectivity index (χ4n) is 3.16. The first-order chi connectivity index (χ1) is 13.4. The molecule has 1 aliphatic heterocycles. The zero-order chi connectivity index (χ0) is 19.8. The largest absolute Gasteiger partial charge is 0.325 e. The van der Waals surface area contributed by atoms with Crippen LogP contribution in [0.5, 0.6) is 0 Å². The lowest BCUT2D eigenvalue weighted by Crippen LogP contribution is -2.41. The summed E-state index contributed by atoms with van der Waals surface area (Å²) in [6, 6.07) is 11.8. The van der Waals surface area contributed by atoms with Gasteiger partial charge < -0.3 is 10.7 Å². The molecule has 0 spiro atoms. The van der Waals surface area contributed by atoms with Crippen LogP contribution in [-0.4, -0.2) is 26.0 Å². The molecule has 0 fully saturated rings. The zero-order valence-corrected chi connectivity index (χ0v) is 16.5. The van der Waals surface area contributed by atoms with Crippen molar-refractivity contribution in [1.82, 2.24) is 14.9 Å². The van der Waals surface area contributed by atoms with Crippen LogP contribution in [0.1, 0.15) is 28.6 Å². The molecule has 2 N–H and O–H groups in total. The van der Waals surface area contributed by atoms with Gasteiger partial charge in [-0.15, -0.1) is 10.2 Å². The Labute approximate surface area is 166 Å². The van der Waals surface area contributed by atoms with Gasteiger partial charge in [0.05, 0.1) is 6.04 Å². The van der Waals surface area contributed by atoms with E-state index in [9.17, 15) is 9.18 Å². The highest BCUT2D eigenvalue weighted by Crippen LogP contribution is 2.37. The maximum absolute atomic E-state index is 13.4. The van der Waals surface area contributed by atoms with E-state index in [1.807, 2.05) is 39.0 Å². The molecule has 1 aromatic heterocycles. The number of halogens is 1. The molecule has 8 heteroatoms. The smallest absolute Gasteiger partial charge is 0.240 e. The molecule has 2 aromatic carbocycles. The molecule has 1 aliphatic rings. The summed E-state index contributed by atoms with van der Waals surface area (Å²) in [6.45, 7) is 5.78. The number of hydrogen-bond donors (Lipinski definition) is 2. The van der Waals surface area contributed by atoms with Gasteiger partial charge in [0.1, 0.15) is 16.9 Å². The fraction of sp³-hybridized carbons (Fsp3) is 0.250. The van der Waals surface area contributed by atoms with E-state index in [-0.39, 0.29) is 17.8 Å². The number of thioether (sulfide) groups is 1. The normalized spacial score (nSPS) is 18.3. The number of aromatic nitrogens is 3. The molecule has 0 aliphatic carbocycles. The quantitative estimate of drug-likeness (QED) is 0.704. The molecule has 0 unspecified atom stereocenters. The zero-order valence-electron chi connectivity index (χ0n) is 15.7. The molecular weight excluding hydrogens is 377 g/mol. The van der Waals surface area contributed by atoms with Gasteiger partial charge in [-0.1, -0.05) is 36.0 Å². The van der Waals surface area contributed by atoms with Crippen molar-refractivity contribution >= 4 is 23.4 Å². The van der Waals surface area contributed by atoms with Crippen molar-refractivity contribution in [2.24, 2.45) is 0 Å². The third-order valence-electron chi connectivity index (χ3n) is 4.74. The molecular formula is C20H20FN5OS. The molecule has 28 heavy (non-hydrogen) atoms. The monoisotopic (exact) mass is 397 g/mol. The first-order valence-corrected chi connectivity index (χ1v) is 9.79. The van der Waals surface area contributed by atoms with Crippen LogP contribution in [0.4, 0.5) is 10.1 Å². The average Bonchev–Trinajstić information content (AvgIpc) is 3.04. The SMILES string of the molecule is Cc1ccc(C)c(NC(=O)[C@H]2Sc3nnc(C)n3N[C@H]2c2ccc(F)cc2)c1. The fourth-order valence-corrected chi connectivity index (χ4v) is 4.28. The standard InChI is InChI=1S/C20H20FN5OS/c1-11-4-5-12(2)16(10-11)22-19(27)18-17(14-6-8-15(21)9-7-14)25-26-13(3)23-24-20(26)28-18/h4-10,17-18,25H,1-3H3,(H,22,27)/t17-,18-/m0/s1. The van der Waals surface area contributed by atoms with Crippen LogP contribution in [-0.2, 0) is 4.79 Å². The molecule has 0 bridgehead atoms. The second kappa shape index (κ2) is 7.27. The van der Waals surface area contributed by atoms with Gasteiger partial charge in [0.15, 0.2) is 0 Å². The van der Waals surface area contributed by atoms with Gasteiger partial charge in [0.25, 0.3) is 0 Å². The van der Waals surface area contributed by atoms with Gasteiger partial charge in [0.2, 0.25) is 11.1 Å². The van der Waals surface area contributed by atoms with Crippen molar-refractivity contribution in [1.29, 1.82) is 0 Å². The topological polar surface area (TPSA) is 71.8 Å². The van der Waals surface area contributed by atoms with Crippen molar-refractivity contribution < 1.29 is 9.18 Å². The van der Waals surface area contributed by atoms with E-state index in [0.29, 0.717) is 11.0 Å². The number of amides is 1. The van der Waals surface area contributed by atoms with Crippen LogP contribution in [0.2, 0.25) is 0 Å². The third-order valence-corrected chi connectivity index (χ3v) is 5.95. The van der Waals surface area contributed by atoms with Gasteiger partial charge in [-0.05, 0) is 55.7 Å². The van der Waals surface area contributed by atoms with Crippen LogP contribution in [0, 0.1) is 26.6 Å². The highest BCUT2D eigenvalue weighted by atomic mass is 32.2. The van der Waals surface area contributed by atoms with Crippen molar-refractivity contribution in [2.45, 2.75) is 37.2 Å². The number of hydrogen-bond acceptors (Lipinski definition) is 5. The van der Waals surface area contributed by atoms with Crippen LogP contribution in [0.15, 0.2) is 47.6 Å². The molecule has 4 rings (SSSR count). The van der Waals surface area contributed by atoms with Crippen LogP contribution in [0.3, 0.4) is 0 Å². The lowest BCUT2D eigenvalue weighted by atomic mass is 10.0. The Morgan fingerprint density at radius 3 is 2.64 bits per heavy atom. The predicted molar refractivity (Wildman–Crippen MR) is 107 cm³/mol. The molecule has 0 radical (unpaired) electrons. The molecule has 0 saturated heterocycles. The minimum atomic E-state index is -0.499. The van der Waals surface area contributed by atoms with Gasteiger partial charge in [-0.2, -0.15) is 0 Å². The Morgan fingerprint density at radius 2 is 1.89 bits per heavy atom. The van der Waals surface area contributed by atoms with E-state index < -0.39 is 5.25 Å². The highest BCUT2D eigenvalue weighted by Gasteiger charge is 2.37. The van der Waals surface area contributed by atoms with Crippen LogP contribution >= 0.6 is 11.8 Å². The van der Waals surface area contributed by atoms with Crippen LogP contribution in [0.25, 0.3) is 0 Å². The maximum atomic E-state index is 13.4. The number of fused-ring (bicyclic) bond motifs is 1. The lowest BCUT2D eigenvalue weighted by Gasteiger charge is -2.32. The average molecular weight is 397 g/mol. The summed E-state index contributed by atoms with van der Waals surface area (Å²) in [7, 11) is 0. The van der Waals surface area contributed by atoms with E-state index in [0.717, 1.165) is 22.4 Å². The number of benzene rings is 2. The van der Waals surface area contributed by atoms with E-state index in [1.54, 1.807) is 16.8 Å². The van der Waals surface area contributed by atoms with E-state index in [2.05, 4.69) is 20.9 Å². The third kappa shape index (κ3) is 3.47. The highest BCUT2D eigenvalue weighted by molar-refractivity contribution is 8.00. The summed E-state index contributed by atoms with van der Waals surface area (Å²) in [6.07, 6.45) is 0. The Balaban J connectivity index is 1.68. The molecule has 0 saturated carbocycles. The molecule has 2 heterocycles.